The lowest BCUT2D eigenvalue weighted by Crippen LogP contribution is -2.54. The van der Waals surface area contributed by atoms with Crippen molar-refractivity contribution in [3.63, 3.8) is 0 Å². The molecular formula is C13H26N2O. The molecule has 0 amide bonds. The Hall–Kier alpha value is -0.120. The topological polar surface area (TPSA) is 47.3 Å². The second kappa shape index (κ2) is 5.48. The molecular weight excluding hydrogens is 200 g/mol. The molecule has 3 nitrogen and oxygen atoms in total. The van der Waals surface area contributed by atoms with Crippen LogP contribution in [0.4, 0.5) is 0 Å². The largest absolute Gasteiger partial charge is 0.377 e. The first-order valence-corrected chi connectivity index (χ1v) is 6.82. The zero-order valence-corrected chi connectivity index (χ0v) is 10.5. The van der Waals surface area contributed by atoms with Crippen LogP contribution in [0.15, 0.2) is 0 Å². The van der Waals surface area contributed by atoms with Crippen LogP contribution in [-0.4, -0.2) is 18.8 Å². The number of nitrogens with two attached hydrogens (primary N) is 1. The van der Waals surface area contributed by atoms with Gasteiger partial charge in [0.2, 0.25) is 0 Å². The molecule has 0 aliphatic heterocycles. The number of nitrogens with one attached hydrogen (secondary N) is 1. The lowest BCUT2D eigenvalue weighted by atomic mass is 9.83. The summed E-state index contributed by atoms with van der Waals surface area (Å²) in [4.78, 5) is 0. The minimum Gasteiger partial charge on any atom is -0.377 e. The van der Waals surface area contributed by atoms with Crippen LogP contribution < -0.4 is 11.3 Å². The van der Waals surface area contributed by atoms with E-state index in [1.165, 1.54) is 57.8 Å². The van der Waals surface area contributed by atoms with Gasteiger partial charge in [-0.2, -0.15) is 0 Å². The Morgan fingerprint density at radius 2 is 1.88 bits per heavy atom. The number of methoxy groups -OCH3 is 1. The van der Waals surface area contributed by atoms with Gasteiger partial charge in [-0.1, -0.05) is 38.5 Å². The molecule has 1 unspecified atom stereocenters. The molecule has 0 aromatic carbocycles. The van der Waals surface area contributed by atoms with Crippen LogP contribution >= 0.6 is 0 Å². The zero-order valence-electron chi connectivity index (χ0n) is 10.5. The SMILES string of the molecule is COC1(C(CC2CC2)NN)CCCCCC1. The molecule has 2 saturated carbocycles. The molecule has 16 heavy (non-hydrogen) atoms. The van der Waals surface area contributed by atoms with E-state index in [9.17, 15) is 0 Å². The van der Waals surface area contributed by atoms with Crippen molar-refractivity contribution in [2.75, 3.05) is 7.11 Å². The second-order valence-electron chi connectivity index (χ2n) is 5.58. The number of rotatable bonds is 5. The molecule has 0 heterocycles. The summed E-state index contributed by atoms with van der Waals surface area (Å²) in [5, 5.41) is 0. The molecule has 2 aliphatic rings. The van der Waals surface area contributed by atoms with Crippen molar-refractivity contribution in [3.8, 4) is 0 Å². The van der Waals surface area contributed by atoms with Crippen molar-refractivity contribution in [1.82, 2.24) is 5.43 Å². The van der Waals surface area contributed by atoms with Crippen LogP contribution in [0.2, 0.25) is 0 Å². The Bertz CT molecular complexity index is 208. The van der Waals surface area contributed by atoms with E-state index in [1.54, 1.807) is 0 Å². The third-order valence-corrected chi connectivity index (χ3v) is 4.46. The second-order valence-corrected chi connectivity index (χ2v) is 5.58. The first kappa shape index (κ1) is 12.3. The molecule has 2 rings (SSSR count). The van der Waals surface area contributed by atoms with Crippen molar-refractivity contribution < 1.29 is 4.74 Å². The standard InChI is InChI=1S/C13H26N2O/c1-16-13(8-4-2-3-5-9-13)12(15-14)10-11-6-7-11/h11-12,15H,2-10,14H2,1H3. The first-order valence-electron chi connectivity index (χ1n) is 6.82. The van der Waals surface area contributed by atoms with E-state index >= 15 is 0 Å². The van der Waals surface area contributed by atoms with Crippen molar-refractivity contribution in [3.05, 3.63) is 0 Å². The Morgan fingerprint density at radius 3 is 2.31 bits per heavy atom. The van der Waals surface area contributed by atoms with E-state index < -0.39 is 0 Å². The molecule has 0 bridgehead atoms. The van der Waals surface area contributed by atoms with Gasteiger partial charge in [-0.05, 0) is 25.2 Å². The molecule has 1 atom stereocenters. The van der Waals surface area contributed by atoms with Gasteiger partial charge >= 0.3 is 0 Å². The van der Waals surface area contributed by atoms with E-state index in [0.717, 1.165) is 5.92 Å². The van der Waals surface area contributed by atoms with Gasteiger partial charge < -0.3 is 4.74 Å². The first-order chi connectivity index (χ1) is 7.80. The van der Waals surface area contributed by atoms with Gasteiger partial charge in [0, 0.05) is 7.11 Å². The summed E-state index contributed by atoms with van der Waals surface area (Å²) in [6, 6.07) is 0.350. The molecule has 2 fully saturated rings. The van der Waals surface area contributed by atoms with E-state index in [2.05, 4.69) is 5.43 Å². The Morgan fingerprint density at radius 1 is 1.25 bits per heavy atom. The maximum absolute atomic E-state index is 5.90. The highest BCUT2D eigenvalue weighted by atomic mass is 16.5. The summed E-state index contributed by atoms with van der Waals surface area (Å²) in [5.41, 5.74) is 3.05. The summed E-state index contributed by atoms with van der Waals surface area (Å²) in [7, 11) is 1.86. The van der Waals surface area contributed by atoms with Crippen LogP contribution in [0.5, 0.6) is 0 Å². The van der Waals surface area contributed by atoms with E-state index in [1.807, 2.05) is 7.11 Å². The lowest BCUT2D eigenvalue weighted by Gasteiger charge is -2.39. The zero-order chi connectivity index (χ0) is 11.4. The Balaban J connectivity index is 2.02. The molecule has 0 radical (unpaired) electrons. The van der Waals surface area contributed by atoms with Crippen LogP contribution in [0.3, 0.4) is 0 Å². The van der Waals surface area contributed by atoms with Crippen molar-refractivity contribution in [2.45, 2.75) is 69.4 Å². The monoisotopic (exact) mass is 226 g/mol. The van der Waals surface area contributed by atoms with Crippen molar-refractivity contribution >= 4 is 0 Å². The molecule has 0 aromatic heterocycles. The predicted molar refractivity (Wildman–Crippen MR) is 65.9 cm³/mol. The smallest absolute Gasteiger partial charge is 0.0844 e. The van der Waals surface area contributed by atoms with Gasteiger partial charge in [0.15, 0.2) is 0 Å². The molecule has 3 heteroatoms. The highest BCUT2D eigenvalue weighted by Crippen LogP contribution is 2.40. The van der Waals surface area contributed by atoms with Crippen LogP contribution in [0.25, 0.3) is 0 Å². The molecule has 0 spiro atoms. The fraction of sp³-hybridized carbons (Fsp3) is 1.00. The van der Waals surface area contributed by atoms with Crippen LogP contribution in [0.1, 0.15) is 57.8 Å². The Kier molecular flexibility index (Phi) is 4.22. The maximum Gasteiger partial charge on any atom is 0.0844 e. The number of hydrogen-bond donors (Lipinski definition) is 2. The van der Waals surface area contributed by atoms with Gasteiger partial charge in [0.05, 0.1) is 11.6 Å². The minimum absolute atomic E-state index is 0.00778. The molecule has 0 saturated heterocycles. The van der Waals surface area contributed by atoms with Gasteiger partial charge in [0.25, 0.3) is 0 Å². The van der Waals surface area contributed by atoms with E-state index in [4.69, 9.17) is 10.6 Å². The van der Waals surface area contributed by atoms with Gasteiger partial charge in [-0.3, -0.25) is 11.3 Å². The van der Waals surface area contributed by atoms with Crippen LogP contribution in [-0.2, 0) is 4.74 Å². The fourth-order valence-electron chi connectivity index (χ4n) is 3.14. The molecule has 0 aromatic rings. The third-order valence-electron chi connectivity index (χ3n) is 4.46. The molecule has 2 aliphatic carbocycles. The third kappa shape index (κ3) is 2.76. The fourth-order valence-corrected chi connectivity index (χ4v) is 3.14. The highest BCUT2D eigenvalue weighted by Gasteiger charge is 2.41. The maximum atomic E-state index is 5.90. The number of hydrogen-bond acceptors (Lipinski definition) is 3. The minimum atomic E-state index is 0.00778. The van der Waals surface area contributed by atoms with E-state index in [-0.39, 0.29) is 5.60 Å². The van der Waals surface area contributed by atoms with E-state index in [0.29, 0.717) is 6.04 Å². The summed E-state index contributed by atoms with van der Waals surface area (Å²) >= 11 is 0. The van der Waals surface area contributed by atoms with Gasteiger partial charge in [-0.25, -0.2) is 0 Å². The summed E-state index contributed by atoms with van der Waals surface area (Å²) in [6.07, 6.45) is 11.6. The normalized spacial score (nSPS) is 27.4. The highest BCUT2D eigenvalue weighted by molar-refractivity contribution is 4.96. The van der Waals surface area contributed by atoms with Crippen LogP contribution in [0, 0.1) is 5.92 Å². The average molecular weight is 226 g/mol. The summed E-state index contributed by atoms with van der Waals surface area (Å²) < 4.78 is 5.90. The average Bonchev–Trinajstić information content (AvgIpc) is 3.13. The molecule has 94 valence electrons. The lowest BCUT2D eigenvalue weighted by molar-refractivity contribution is -0.0561. The van der Waals surface area contributed by atoms with Gasteiger partial charge in [-0.15, -0.1) is 0 Å². The predicted octanol–water partition coefficient (Wildman–Crippen LogP) is 2.36. The van der Waals surface area contributed by atoms with Gasteiger partial charge in [0.1, 0.15) is 0 Å². The summed E-state index contributed by atoms with van der Waals surface area (Å²) in [5.74, 6) is 6.66. The van der Waals surface area contributed by atoms with Crippen molar-refractivity contribution in [1.29, 1.82) is 0 Å². The quantitative estimate of drug-likeness (QED) is 0.430. The number of hydrazine groups is 1. The number of ether oxygens (including phenoxy) is 1. The summed E-state index contributed by atoms with van der Waals surface area (Å²) in [6.45, 7) is 0. The van der Waals surface area contributed by atoms with Crippen molar-refractivity contribution in [2.24, 2.45) is 11.8 Å². The molecule has 3 N–H and O–H groups in total. The Labute approximate surface area is 99.1 Å².